The molecule has 1 aromatic rings. The molecule has 2 fully saturated rings. The van der Waals surface area contributed by atoms with Crippen molar-refractivity contribution >= 4 is 17.1 Å². The van der Waals surface area contributed by atoms with Crippen molar-refractivity contribution in [2.75, 3.05) is 41.7 Å². The molecular weight excluding hydrogens is 246 g/mol. The minimum atomic E-state index is 0.782. The second-order valence-electron chi connectivity index (χ2n) is 6.48. The quantitative estimate of drug-likeness (QED) is 0.837. The summed E-state index contributed by atoms with van der Waals surface area (Å²) in [7, 11) is 0. The Hall–Kier alpha value is -1.38. The number of nitrogen functional groups attached to an aromatic ring is 1. The van der Waals surface area contributed by atoms with Gasteiger partial charge < -0.3 is 15.5 Å². The Balaban J connectivity index is 1.76. The van der Waals surface area contributed by atoms with Crippen LogP contribution in [0.25, 0.3) is 0 Å². The third kappa shape index (κ3) is 2.87. The fourth-order valence-electron chi connectivity index (χ4n) is 3.59. The van der Waals surface area contributed by atoms with Crippen molar-refractivity contribution in [1.82, 2.24) is 0 Å². The lowest BCUT2D eigenvalue weighted by atomic mass is 9.99. The van der Waals surface area contributed by atoms with Crippen LogP contribution < -0.4 is 15.5 Å². The first-order valence-corrected chi connectivity index (χ1v) is 8.13. The standard InChI is InChI=1S/C17H27N3/c1-14-6-5-11-20(13-14)17-8-7-15(12-16(17)18)19-9-3-2-4-10-19/h7-8,12,14H,2-6,9-11,13,18H2,1H3. The first-order chi connectivity index (χ1) is 9.74. The topological polar surface area (TPSA) is 32.5 Å². The van der Waals surface area contributed by atoms with Gasteiger partial charge in [0.15, 0.2) is 0 Å². The average molecular weight is 273 g/mol. The van der Waals surface area contributed by atoms with Gasteiger partial charge in [0.25, 0.3) is 0 Å². The van der Waals surface area contributed by atoms with E-state index in [1.807, 2.05) is 0 Å². The Morgan fingerprint density at radius 3 is 2.45 bits per heavy atom. The van der Waals surface area contributed by atoms with E-state index in [-0.39, 0.29) is 0 Å². The van der Waals surface area contributed by atoms with E-state index in [4.69, 9.17) is 5.73 Å². The largest absolute Gasteiger partial charge is 0.397 e. The molecular formula is C17H27N3. The van der Waals surface area contributed by atoms with Gasteiger partial charge in [-0.3, -0.25) is 0 Å². The number of nitrogens with zero attached hydrogens (tertiary/aromatic N) is 2. The Bertz CT molecular complexity index is 452. The van der Waals surface area contributed by atoms with E-state index in [1.165, 1.54) is 56.6 Å². The highest BCUT2D eigenvalue weighted by atomic mass is 15.2. The highest BCUT2D eigenvalue weighted by Crippen LogP contribution is 2.32. The molecule has 0 aliphatic carbocycles. The molecule has 0 aromatic heterocycles. The van der Waals surface area contributed by atoms with Crippen LogP contribution in [-0.2, 0) is 0 Å². The van der Waals surface area contributed by atoms with Gasteiger partial charge in [0.05, 0.1) is 11.4 Å². The zero-order valence-corrected chi connectivity index (χ0v) is 12.6. The lowest BCUT2D eigenvalue weighted by molar-refractivity contribution is 0.447. The first kappa shape index (κ1) is 13.6. The van der Waals surface area contributed by atoms with Crippen LogP contribution in [0.4, 0.5) is 17.1 Å². The van der Waals surface area contributed by atoms with Crippen LogP contribution in [0.15, 0.2) is 18.2 Å². The van der Waals surface area contributed by atoms with Crippen molar-refractivity contribution in [2.24, 2.45) is 5.92 Å². The van der Waals surface area contributed by atoms with E-state index < -0.39 is 0 Å². The van der Waals surface area contributed by atoms with Gasteiger partial charge in [0.1, 0.15) is 0 Å². The Kier molecular flexibility index (Phi) is 4.04. The van der Waals surface area contributed by atoms with Crippen LogP contribution in [-0.4, -0.2) is 26.2 Å². The van der Waals surface area contributed by atoms with Crippen molar-refractivity contribution in [3.05, 3.63) is 18.2 Å². The number of piperidine rings is 2. The van der Waals surface area contributed by atoms with Crippen LogP contribution in [0.5, 0.6) is 0 Å². The molecule has 1 unspecified atom stereocenters. The summed E-state index contributed by atoms with van der Waals surface area (Å²) in [6.07, 6.45) is 6.63. The molecule has 1 atom stereocenters. The summed E-state index contributed by atoms with van der Waals surface area (Å²) >= 11 is 0. The third-order valence-electron chi connectivity index (χ3n) is 4.73. The summed E-state index contributed by atoms with van der Waals surface area (Å²) in [6.45, 7) is 6.99. The molecule has 0 amide bonds. The second kappa shape index (κ2) is 5.94. The maximum Gasteiger partial charge on any atom is 0.0601 e. The lowest BCUT2D eigenvalue weighted by Gasteiger charge is -2.34. The normalized spacial score (nSPS) is 23.9. The smallest absolute Gasteiger partial charge is 0.0601 e. The molecule has 2 N–H and O–H groups in total. The number of benzene rings is 1. The van der Waals surface area contributed by atoms with E-state index >= 15 is 0 Å². The first-order valence-electron chi connectivity index (χ1n) is 8.13. The van der Waals surface area contributed by atoms with Gasteiger partial charge >= 0.3 is 0 Å². The molecule has 0 saturated carbocycles. The van der Waals surface area contributed by atoms with E-state index in [0.29, 0.717) is 0 Å². The Morgan fingerprint density at radius 2 is 1.75 bits per heavy atom. The van der Waals surface area contributed by atoms with E-state index in [2.05, 4.69) is 34.9 Å². The lowest BCUT2D eigenvalue weighted by Crippen LogP contribution is -2.35. The van der Waals surface area contributed by atoms with E-state index in [0.717, 1.165) is 24.7 Å². The number of hydrogen-bond donors (Lipinski definition) is 1. The maximum atomic E-state index is 6.34. The van der Waals surface area contributed by atoms with Crippen molar-refractivity contribution in [1.29, 1.82) is 0 Å². The zero-order chi connectivity index (χ0) is 13.9. The molecule has 3 heteroatoms. The summed E-state index contributed by atoms with van der Waals surface area (Å²) in [5.41, 5.74) is 9.82. The Morgan fingerprint density at radius 1 is 1.00 bits per heavy atom. The number of hydrogen-bond acceptors (Lipinski definition) is 3. The average Bonchev–Trinajstić information content (AvgIpc) is 2.48. The fourth-order valence-corrected chi connectivity index (χ4v) is 3.59. The molecule has 110 valence electrons. The monoisotopic (exact) mass is 273 g/mol. The van der Waals surface area contributed by atoms with Gasteiger partial charge in [-0.25, -0.2) is 0 Å². The summed E-state index contributed by atoms with van der Waals surface area (Å²) in [6, 6.07) is 6.67. The van der Waals surface area contributed by atoms with Gasteiger partial charge in [-0.1, -0.05) is 6.92 Å². The summed E-state index contributed by atoms with van der Waals surface area (Å²) < 4.78 is 0. The van der Waals surface area contributed by atoms with Crippen LogP contribution in [0.1, 0.15) is 39.0 Å². The predicted octanol–water partition coefficient (Wildman–Crippen LogP) is 3.50. The van der Waals surface area contributed by atoms with Crippen LogP contribution in [0.2, 0.25) is 0 Å². The third-order valence-corrected chi connectivity index (χ3v) is 4.73. The molecule has 1 aromatic carbocycles. The number of nitrogens with two attached hydrogens (primary N) is 1. The molecule has 2 aliphatic rings. The van der Waals surface area contributed by atoms with Crippen molar-refractivity contribution in [3.63, 3.8) is 0 Å². The van der Waals surface area contributed by atoms with Crippen molar-refractivity contribution < 1.29 is 0 Å². The highest BCUT2D eigenvalue weighted by molar-refractivity contribution is 5.73. The summed E-state index contributed by atoms with van der Waals surface area (Å²) in [4.78, 5) is 4.94. The molecule has 2 saturated heterocycles. The SMILES string of the molecule is CC1CCCN(c2ccc(N3CCCCC3)cc2N)C1. The van der Waals surface area contributed by atoms with Gasteiger partial charge in [0, 0.05) is 31.9 Å². The van der Waals surface area contributed by atoms with Crippen LogP contribution in [0.3, 0.4) is 0 Å². The molecule has 2 heterocycles. The molecule has 0 bridgehead atoms. The summed E-state index contributed by atoms with van der Waals surface area (Å²) in [5.74, 6) is 0.782. The Labute approximate surface area is 122 Å². The molecule has 3 nitrogen and oxygen atoms in total. The van der Waals surface area contributed by atoms with Gasteiger partial charge in [0.2, 0.25) is 0 Å². The fraction of sp³-hybridized carbons (Fsp3) is 0.647. The maximum absolute atomic E-state index is 6.34. The van der Waals surface area contributed by atoms with Gasteiger partial charge in [-0.05, 0) is 56.2 Å². The minimum Gasteiger partial charge on any atom is -0.397 e. The van der Waals surface area contributed by atoms with Crippen LogP contribution in [0, 0.1) is 5.92 Å². The van der Waals surface area contributed by atoms with E-state index in [1.54, 1.807) is 0 Å². The zero-order valence-electron chi connectivity index (χ0n) is 12.6. The molecule has 0 radical (unpaired) electrons. The molecule has 0 spiro atoms. The van der Waals surface area contributed by atoms with Crippen LogP contribution >= 0.6 is 0 Å². The molecule has 3 rings (SSSR count). The number of rotatable bonds is 2. The molecule has 2 aliphatic heterocycles. The number of anilines is 3. The second-order valence-corrected chi connectivity index (χ2v) is 6.48. The molecule has 20 heavy (non-hydrogen) atoms. The highest BCUT2D eigenvalue weighted by Gasteiger charge is 2.19. The predicted molar refractivity (Wildman–Crippen MR) is 87.5 cm³/mol. The van der Waals surface area contributed by atoms with Crippen molar-refractivity contribution in [3.8, 4) is 0 Å². The summed E-state index contributed by atoms with van der Waals surface area (Å²) in [5, 5.41) is 0. The minimum absolute atomic E-state index is 0.782. The van der Waals surface area contributed by atoms with Gasteiger partial charge in [-0.2, -0.15) is 0 Å². The van der Waals surface area contributed by atoms with E-state index in [9.17, 15) is 0 Å². The van der Waals surface area contributed by atoms with Crippen molar-refractivity contribution in [2.45, 2.75) is 39.0 Å². The van der Waals surface area contributed by atoms with Gasteiger partial charge in [-0.15, -0.1) is 0 Å².